The number of sulfonamides is 1. The zero-order chi connectivity index (χ0) is 19.3. The molecule has 138 valence electrons. The molecule has 0 aliphatic heterocycles. The van der Waals surface area contributed by atoms with Gasteiger partial charge in [-0.05, 0) is 47.4 Å². The topological polar surface area (TPSA) is 90.2 Å². The van der Waals surface area contributed by atoms with Crippen LogP contribution in [0.3, 0.4) is 0 Å². The van der Waals surface area contributed by atoms with Crippen molar-refractivity contribution in [3.8, 4) is 0 Å². The summed E-state index contributed by atoms with van der Waals surface area (Å²) in [4.78, 5) is 15.9. The van der Waals surface area contributed by atoms with Crippen molar-refractivity contribution in [1.82, 2.24) is 4.98 Å². The Bertz CT molecular complexity index is 1060. The maximum absolute atomic E-state index is 12.2. The van der Waals surface area contributed by atoms with Gasteiger partial charge in [-0.1, -0.05) is 36.0 Å². The molecule has 1 amide bonds. The summed E-state index contributed by atoms with van der Waals surface area (Å²) < 4.78 is 28.1. The number of aromatic nitrogens is 1. The van der Waals surface area contributed by atoms with Crippen LogP contribution in [0.4, 0.5) is 10.8 Å². The Hall–Kier alpha value is -2.68. The van der Waals surface area contributed by atoms with Crippen LogP contribution in [0.5, 0.6) is 0 Å². The van der Waals surface area contributed by atoms with E-state index in [0.717, 1.165) is 16.9 Å². The summed E-state index contributed by atoms with van der Waals surface area (Å²) in [7, 11) is -3.85. The van der Waals surface area contributed by atoms with Crippen LogP contribution < -0.4 is 5.32 Å². The van der Waals surface area contributed by atoms with Crippen LogP contribution in [-0.2, 0) is 14.8 Å². The minimum absolute atomic E-state index is 0.0160. The van der Waals surface area contributed by atoms with Gasteiger partial charge in [-0.3, -0.25) is 4.79 Å². The standard InChI is InChI=1S/C18H14ClN3O3S2/c19-16-4-2-1-3-13(16)5-10-17(23)21-14-6-8-15(9-7-14)27(24,25)22-18-20-11-12-26-18/h1-12H,(H2,20,21,22,23)/p-1. The molecule has 6 nitrogen and oxygen atoms in total. The summed E-state index contributed by atoms with van der Waals surface area (Å²) in [6, 6.07) is 12.9. The molecule has 3 rings (SSSR count). The lowest BCUT2D eigenvalue weighted by atomic mass is 10.2. The Labute approximate surface area is 165 Å². The van der Waals surface area contributed by atoms with E-state index in [2.05, 4.69) is 15.0 Å². The van der Waals surface area contributed by atoms with Crippen molar-refractivity contribution in [3.05, 3.63) is 81.5 Å². The minimum Gasteiger partial charge on any atom is -0.433 e. The number of benzene rings is 2. The average Bonchev–Trinajstić information content (AvgIpc) is 3.14. The highest BCUT2D eigenvalue weighted by molar-refractivity contribution is 7.94. The Morgan fingerprint density at radius 2 is 1.89 bits per heavy atom. The molecule has 0 fully saturated rings. The highest BCUT2D eigenvalue weighted by atomic mass is 35.5. The monoisotopic (exact) mass is 418 g/mol. The molecule has 0 radical (unpaired) electrons. The van der Waals surface area contributed by atoms with E-state index < -0.39 is 10.0 Å². The molecular weight excluding hydrogens is 406 g/mol. The SMILES string of the molecule is O=C(C=Cc1ccccc1Cl)Nc1ccc(S(=O)(=O)[N-]c2nccs2)cc1. The number of anilines is 1. The van der Waals surface area contributed by atoms with Gasteiger partial charge in [0.05, 0.1) is 4.90 Å². The van der Waals surface area contributed by atoms with Gasteiger partial charge in [-0.2, -0.15) is 11.3 Å². The third kappa shape index (κ3) is 5.16. The first-order chi connectivity index (χ1) is 12.9. The van der Waals surface area contributed by atoms with Gasteiger partial charge in [-0.25, -0.2) is 8.42 Å². The van der Waals surface area contributed by atoms with Crippen LogP contribution in [0.25, 0.3) is 10.8 Å². The van der Waals surface area contributed by atoms with E-state index >= 15 is 0 Å². The van der Waals surface area contributed by atoms with Gasteiger partial charge in [0, 0.05) is 21.9 Å². The first-order valence-corrected chi connectivity index (χ1v) is 10.3. The van der Waals surface area contributed by atoms with E-state index in [1.807, 2.05) is 6.07 Å². The molecular formula is C18H13ClN3O3S2-. The van der Waals surface area contributed by atoms with Crippen LogP contribution >= 0.6 is 22.9 Å². The average molecular weight is 419 g/mol. The quantitative estimate of drug-likeness (QED) is 0.579. The summed E-state index contributed by atoms with van der Waals surface area (Å²) in [5.74, 6) is -0.363. The van der Waals surface area contributed by atoms with Gasteiger partial charge >= 0.3 is 0 Å². The first-order valence-electron chi connectivity index (χ1n) is 7.65. The fraction of sp³-hybridized carbons (Fsp3) is 0. The molecule has 0 aliphatic carbocycles. The van der Waals surface area contributed by atoms with Crippen LogP contribution in [0.1, 0.15) is 5.56 Å². The number of nitrogens with one attached hydrogen (secondary N) is 1. The van der Waals surface area contributed by atoms with Crippen LogP contribution in [0, 0.1) is 0 Å². The lowest BCUT2D eigenvalue weighted by molar-refractivity contribution is -0.111. The van der Waals surface area contributed by atoms with Crippen LogP contribution in [0.15, 0.2) is 71.1 Å². The van der Waals surface area contributed by atoms with E-state index in [9.17, 15) is 13.2 Å². The molecule has 1 N–H and O–H groups in total. The molecule has 9 heteroatoms. The third-order valence-electron chi connectivity index (χ3n) is 3.36. The van der Waals surface area contributed by atoms with E-state index in [1.165, 1.54) is 36.5 Å². The van der Waals surface area contributed by atoms with Gasteiger partial charge in [0.1, 0.15) is 0 Å². The number of thiazole rings is 1. The van der Waals surface area contributed by atoms with Crippen molar-refractivity contribution in [2.24, 2.45) is 0 Å². The molecule has 0 atom stereocenters. The number of hydrogen-bond donors (Lipinski definition) is 1. The Balaban J connectivity index is 1.65. The second kappa shape index (κ2) is 8.34. The van der Waals surface area contributed by atoms with Crippen LogP contribution in [-0.4, -0.2) is 19.3 Å². The van der Waals surface area contributed by atoms with Gasteiger partial charge in [0.25, 0.3) is 0 Å². The second-order valence-corrected chi connectivity index (χ2v) is 8.13. The van der Waals surface area contributed by atoms with Gasteiger partial charge in [0.2, 0.25) is 15.9 Å². The van der Waals surface area contributed by atoms with Crippen molar-refractivity contribution >= 4 is 55.8 Å². The van der Waals surface area contributed by atoms with Crippen molar-refractivity contribution in [2.75, 3.05) is 5.32 Å². The highest BCUT2D eigenvalue weighted by Crippen LogP contribution is 2.29. The van der Waals surface area contributed by atoms with Crippen molar-refractivity contribution < 1.29 is 13.2 Å². The zero-order valence-corrected chi connectivity index (χ0v) is 16.1. The summed E-state index contributed by atoms with van der Waals surface area (Å²) >= 11 is 7.16. The molecule has 1 heterocycles. The normalized spacial score (nSPS) is 11.4. The minimum atomic E-state index is -3.85. The van der Waals surface area contributed by atoms with Crippen LogP contribution in [0.2, 0.25) is 5.02 Å². The first kappa shape index (κ1) is 19.1. The molecule has 2 aromatic carbocycles. The summed E-state index contributed by atoms with van der Waals surface area (Å²) in [6.45, 7) is 0. The van der Waals surface area contributed by atoms with E-state index in [1.54, 1.807) is 29.7 Å². The second-order valence-electron chi connectivity index (χ2n) is 5.25. The smallest absolute Gasteiger partial charge is 0.248 e. The molecule has 0 aliphatic rings. The summed E-state index contributed by atoms with van der Waals surface area (Å²) in [5.41, 5.74) is 1.18. The predicted octanol–water partition coefficient (Wildman–Crippen LogP) is 4.84. The molecule has 0 spiro atoms. The molecule has 1 aromatic heterocycles. The number of rotatable bonds is 6. The predicted molar refractivity (Wildman–Crippen MR) is 108 cm³/mol. The maximum Gasteiger partial charge on any atom is 0.248 e. The number of halogens is 1. The fourth-order valence-corrected chi connectivity index (χ4v) is 3.95. The zero-order valence-electron chi connectivity index (χ0n) is 13.7. The molecule has 3 aromatic rings. The maximum atomic E-state index is 12.2. The van der Waals surface area contributed by atoms with Gasteiger partial charge in [-0.15, -0.1) is 0 Å². The number of hydrogen-bond acceptors (Lipinski definition) is 5. The van der Waals surface area contributed by atoms with Crippen molar-refractivity contribution in [1.29, 1.82) is 0 Å². The molecule has 0 unspecified atom stereocenters. The fourth-order valence-electron chi connectivity index (χ4n) is 2.09. The van der Waals surface area contributed by atoms with E-state index in [0.29, 0.717) is 10.7 Å². The molecule has 0 saturated heterocycles. The lowest BCUT2D eigenvalue weighted by Gasteiger charge is -2.12. The number of amides is 1. The summed E-state index contributed by atoms with van der Waals surface area (Å²) in [5, 5.41) is 5.00. The molecule has 27 heavy (non-hydrogen) atoms. The third-order valence-corrected chi connectivity index (χ3v) is 5.76. The Kier molecular flexibility index (Phi) is 5.90. The molecule has 0 bridgehead atoms. The van der Waals surface area contributed by atoms with Gasteiger partial charge < -0.3 is 15.0 Å². The number of nitrogens with zero attached hydrogens (tertiary/aromatic N) is 2. The highest BCUT2D eigenvalue weighted by Gasteiger charge is 2.10. The number of carbonyl (C=O) groups is 1. The molecule has 0 saturated carbocycles. The Morgan fingerprint density at radius 1 is 1.15 bits per heavy atom. The van der Waals surface area contributed by atoms with E-state index in [-0.39, 0.29) is 15.9 Å². The largest absolute Gasteiger partial charge is 0.433 e. The number of carbonyl (C=O) groups excluding carboxylic acids is 1. The summed E-state index contributed by atoms with van der Waals surface area (Å²) in [6.07, 6.45) is 4.43. The van der Waals surface area contributed by atoms with Crippen molar-refractivity contribution in [2.45, 2.75) is 4.90 Å². The lowest BCUT2D eigenvalue weighted by Crippen LogP contribution is -2.08. The van der Waals surface area contributed by atoms with Crippen molar-refractivity contribution in [3.63, 3.8) is 0 Å². The van der Waals surface area contributed by atoms with Gasteiger partial charge in [0.15, 0.2) is 0 Å². The Morgan fingerprint density at radius 3 is 2.56 bits per heavy atom. The van der Waals surface area contributed by atoms with E-state index in [4.69, 9.17) is 11.6 Å².